The Hall–Kier alpha value is -0.0200. The molecule has 0 aromatic carbocycles. The van der Waals surface area contributed by atoms with Gasteiger partial charge in [-0.05, 0) is 6.92 Å². The van der Waals surface area contributed by atoms with Gasteiger partial charge in [-0.3, -0.25) is 0 Å². The van der Waals surface area contributed by atoms with Gasteiger partial charge in [0.15, 0.2) is 0 Å². The maximum atomic E-state index is 12.1. The zero-order valence-electron chi connectivity index (χ0n) is 4.57. The van der Waals surface area contributed by atoms with E-state index in [1.165, 1.54) is 0 Å². The van der Waals surface area contributed by atoms with Crippen LogP contribution >= 0.6 is 23.2 Å². The van der Waals surface area contributed by atoms with Crippen LogP contribution in [0, 0.1) is 0 Å². The van der Waals surface area contributed by atoms with E-state index < -0.39 is 16.5 Å². The third-order valence-electron chi connectivity index (χ3n) is 0.785. The Morgan fingerprint density at radius 1 is 1.78 bits per heavy atom. The predicted octanol–water partition coefficient (Wildman–Crippen LogP) is 1.60. The maximum Gasteiger partial charge on any atom is 0.343 e. The predicted molar refractivity (Wildman–Crippen MR) is 32.6 cm³/mol. The fraction of sp³-hybridized carbons (Fsp3) is 0.750. The van der Waals surface area contributed by atoms with Gasteiger partial charge in [-0.25, -0.2) is 9.18 Å². The number of halogens is 3. The van der Waals surface area contributed by atoms with Gasteiger partial charge >= 0.3 is 5.97 Å². The van der Waals surface area contributed by atoms with Crippen molar-refractivity contribution >= 4 is 29.2 Å². The van der Waals surface area contributed by atoms with Crippen molar-refractivity contribution in [1.82, 2.24) is 0 Å². The lowest BCUT2D eigenvalue weighted by Crippen LogP contribution is -2.34. The van der Waals surface area contributed by atoms with Crippen LogP contribution in [-0.2, 0) is 4.79 Å². The van der Waals surface area contributed by atoms with Gasteiger partial charge in [0.05, 0.1) is 0 Å². The third kappa shape index (κ3) is 1.99. The van der Waals surface area contributed by atoms with E-state index in [2.05, 4.69) is 0 Å². The molecular formula is C4H5Cl2FO2. The van der Waals surface area contributed by atoms with Crippen LogP contribution in [0.1, 0.15) is 6.92 Å². The van der Waals surface area contributed by atoms with Crippen LogP contribution in [0.5, 0.6) is 0 Å². The molecule has 0 saturated carbocycles. The van der Waals surface area contributed by atoms with Crippen molar-refractivity contribution in [2.24, 2.45) is 0 Å². The zero-order chi connectivity index (χ0) is 7.65. The second kappa shape index (κ2) is 2.71. The first-order valence-electron chi connectivity index (χ1n) is 2.14. The Kier molecular flexibility index (Phi) is 2.70. The van der Waals surface area contributed by atoms with E-state index in [0.717, 1.165) is 6.92 Å². The molecule has 0 aliphatic heterocycles. The minimum absolute atomic E-state index is 0.980. The number of hydrogen-bond donors (Lipinski definition) is 1. The molecule has 0 radical (unpaired) electrons. The smallest absolute Gasteiger partial charge is 0.343 e. The first-order valence-corrected chi connectivity index (χ1v) is 2.90. The molecule has 0 bridgehead atoms. The highest BCUT2D eigenvalue weighted by atomic mass is 35.5. The average molecular weight is 175 g/mol. The monoisotopic (exact) mass is 174 g/mol. The second-order valence-electron chi connectivity index (χ2n) is 1.54. The summed E-state index contributed by atoms with van der Waals surface area (Å²) in [6, 6.07) is 0. The summed E-state index contributed by atoms with van der Waals surface area (Å²) in [4.78, 5) is 9.96. The van der Waals surface area contributed by atoms with Crippen molar-refractivity contribution in [3.63, 3.8) is 0 Å². The van der Waals surface area contributed by atoms with Crippen LogP contribution in [0.3, 0.4) is 0 Å². The van der Waals surface area contributed by atoms with E-state index in [4.69, 9.17) is 28.3 Å². The highest BCUT2D eigenvalue weighted by Crippen LogP contribution is 2.27. The summed E-state index contributed by atoms with van der Waals surface area (Å²) in [7, 11) is 0. The zero-order valence-corrected chi connectivity index (χ0v) is 6.08. The van der Waals surface area contributed by atoms with Gasteiger partial charge in [-0.1, -0.05) is 23.2 Å². The Morgan fingerprint density at radius 3 is 2.11 bits per heavy atom. The molecule has 1 atom stereocenters. The summed E-state index contributed by atoms with van der Waals surface area (Å²) in [6.45, 7) is 0.980. The van der Waals surface area contributed by atoms with Gasteiger partial charge in [0.2, 0.25) is 4.33 Å². The van der Waals surface area contributed by atoms with E-state index in [1.807, 2.05) is 0 Å². The third-order valence-corrected chi connectivity index (χ3v) is 1.71. The fourth-order valence-corrected chi connectivity index (χ4v) is 0.170. The van der Waals surface area contributed by atoms with Crippen molar-refractivity contribution in [3.05, 3.63) is 0 Å². The molecule has 5 heteroatoms. The lowest BCUT2D eigenvalue weighted by molar-refractivity contribution is -0.139. The molecule has 0 fully saturated rings. The van der Waals surface area contributed by atoms with Crippen molar-refractivity contribution in [2.75, 3.05) is 0 Å². The van der Waals surface area contributed by atoms with Crippen LogP contribution < -0.4 is 0 Å². The molecule has 0 rings (SSSR count). The first kappa shape index (κ1) is 8.98. The van der Waals surface area contributed by atoms with Crippen LogP contribution in [-0.4, -0.2) is 21.6 Å². The van der Waals surface area contributed by atoms with Gasteiger partial charge in [0.25, 0.3) is 0 Å². The molecule has 0 heterocycles. The van der Waals surface area contributed by atoms with Crippen LogP contribution in [0.4, 0.5) is 4.39 Å². The molecule has 0 amide bonds. The topological polar surface area (TPSA) is 37.3 Å². The minimum atomic E-state index is -2.31. The Bertz CT molecular complexity index is 124. The summed E-state index contributed by atoms with van der Waals surface area (Å²) >= 11 is 9.99. The van der Waals surface area contributed by atoms with Crippen molar-refractivity contribution in [3.8, 4) is 0 Å². The standard InChI is InChI=1S/C4H5Cl2FO2/c1-2(7)4(5,6)3(8)9/h2H,1H3,(H,8,9). The maximum absolute atomic E-state index is 12.1. The molecule has 9 heavy (non-hydrogen) atoms. The number of carboxylic acids is 1. The first-order chi connectivity index (χ1) is 3.89. The molecule has 0 saturated heterocycles. The molecular weight excluding hydrogens is 170 g/mol. The van der Waals surface area contributed by atoms with Gasteiger partial charge in [-0.15, -0.1) is 0 Å². The number of hydrogen-bond acceptors (Lipinski definition) is 1. The number of aliphatic carboxylic acids is 1. The summed E-state index contributed by atoms with van der Waals surface area (Å²) in [6.07, 6.45) is -1.78. The number of rotatable bonds is 2. The molecule has 2 nitrogen and oxygen atoms in total. The molecule has 1 unspecified atom stereocenters. The molecule has 0 aliphatic carbocycles. The van der Waals surface area contributed by atoms with Gasteiger partial charge in [-0.2, -0.15) is 0 Å². The van der Waals surface area contributed by atoms with Gasteiger partial charge < -0.3 is 5.11 Å². The number of alkyl halides is 3. The van der Waals surface area contributed by atoms with Crippen molar-refractivity contribution < 1.29 is 14.3 Å². The minimum Gasteiger partial charge on any atom is -0.479 e. The van der Waals surface area contributed by atoms with E-state index >= 15 is 0 Å². The SMILES string of the molecule is CC(F)C(Cl)(Cl)C(=O)O. The number of carboxylic acid groups (broad SMARTS) is 1. The summed E-state index contributed by atoms with van der Waals surface area (Å²) in [5.41, 5.74) is 0. The molecule has 0 spiro atoms. The summed E-state index contributed by atoms with van der Waals surface area (Å²) in [5.74, 6) is -1.57. The molecule has 0 aromatic rings. The van der Waals surface area contributed by atoms with E-state index in [1.54, 1.807) is 0 Å². The van der Waals surface area contributed by atoms with Crippen LogP contribution in [0.15, 0.2) is 0 Å². The highest BCUT2D eigenvalue weighted by Gasteiger charge is 2.40. The van der Waals surface area contributed by atoms with E-state index in [9.17, 15) is 9.18 Å². The average Bonchev–Trinajstić information content (AvgIpc) is 1.65. The Morgan fingerprint density at radius 2 is 2.11 bits per heavy atom. The summed E-state index contributed by atoms with van der Waals surface area (Å²) in [5, 5.41) is 8.11. The Labute approximate surface area is 61.6 Å². The van der Waals surface area contributed by atoms with Crippen LogP contribution in [0.25, 0.3) is 0 Å². The molecule has 54 valence electrons. The summed E-state index contributed by atoms with van der Waals surface area (Å²) < 4.78 is 9.78. The van der Waals surface area contributed by atoms with Crippen molar-refractivity contribution in [2.45, 2.75) is 17.4 Å². The second-order valence-corrected chi connectivity index (χ2v) is 2.93. The lowest BCUT2D eigenvalue weighted by Gasteiger charge is -2.14. The molecule has 0 aromatic heterocycles. The number of carbonyl (C=O) groups is 1. The Balaban J connectivity index is 4.19. The van der Waals surface area contributed by atoms with Gasteiger partial charge in [0.1, 0.15) is 6.17 Å². The quantitative estimate of drug-likeness (QED) is 0.647. The fourth-order valence-electron chi connectivity index (χ4n) is 0.170. The van der Waals surface area contributed by atoms with Crippen LogP contribution in [0.2, 0.25) is 0 Å². The molecule has 1 N–H and O–H groups in total. The van der Waals surface area contributed by atoms with Gasteiger partial charge in [0, 0.05) is 0 Å². The van der Waals surface area contributed by atoms with Crippen molar-refractivity contribution in [1.29, 1.82) is 0 Å². The molecule has 0 aliphatic rings. The van der Waals surface area contributed by atoms with E-state index in [-0.39, 0.29) is 0 Å². The normalized spacial score (nSPS) is 15.1. The highest BCUT2D eigenvalue weighted by molar-refractivity contribution is 6.57. The lowest BCUT2D eigenvalue weighted by atomic mass is 10.3. The largest absolute Gasteiger partial charge is 0.479 e. The van der Waals surface area contributed by atoms with E-state index in [0.29, 0.717) is 0 Å².